The standard InChI is InChI=1S/C12H14BrN/c1-12(2,3)10-7-14-11-5-4-8(13)6-9(10)11/h4-7,14H,1-3H3. The van der Waals surface area contributed by atoms with Crippen molar-refractivity contribution in [2.45, 2.75) is 26.2 Å². The topological polar surface area (TPSA) is 15.8 Å². The number of nitrogens with one attached hydrogen (secondary N) is 1. The molecule has 1 heterocycles. The van der Waals surface area contributed by atoms with Crippen LogP contribution in [-0.2, 0) is 5.41 Å². The molecule has 2 rings (SSSR count). The summed E-state index contributed by atoms with van der Waals surface area (Å²) in [5.74, 6) is 0. The lowest BCUT2D eigenvalue weighted by atomic mass is 9.87. The Bertz CT molecular complexity index is 463. The van der Waals surface area contributed by atoms with Gasteiger partial charge in [0.25, 0.3) is 0 Å². The number of aromatic amines is 1. The van der Waals surface area contributed by atoms with Crippen LogP contribution in [0.15, 0.2) is 28.9 Å². The predicted octanol–water partition coefficient (Wildman–Crippen LogP) is 4.23. The van der Waals surface area contributed by atoms with Crippen LogP contribution >= 0.6 is 15.9 Å². The van der Waals surface area contributed by atoms with Gasteiger partial charge in [0.15, 0.2) is 0 Å². The lowest BCUT2D eigenvalue weighted by molar-refractivity contribution is 0.596. The van der Waals surface area contributed by atoms with E-state index in [1.807, 2.05) is 0 Å². The number of H-pyrrole nitrogens is 1. The normalized spacial score (nSPS) is 12.3. The van der Waals surface area contributed by atoms with E-state index in [2.05, 4.69) is 66.1 Å². The number of benzene rings is 1. The lowest BCUT2D eigenvalue weighted by Gasteiger charge is -2.17. The number of hydrogen-bond donors (Lipinski definition) is 1. The first kappa shape index (κ1) is 9.78. The zero-order valence-corrected chi connectivity index (χ0v) is 10.3. The summed E-state index contributed by atoms with van der Waals surface area (Å²) >= 11 is 3.50. The minimum absolute atomic E-state index is 0.193. The fraction of sp³-hybridized carbons (Fsp3) is 0.333. The van der Waals surface area contributed by atoms with Crippen molar-refractivity contribution < 1.29 is 0 Å². The van der Waals surface area contributed by atoms with Crippen LogP contribution in [-0.4, -0.2) is 4.98 Å². The monoisotopic (exact) mass is 251 g/mol. The van der Waals surface area contributed by atoms with Gasteiger partial charge in [-0.05, 0) is 29.2 Å². The van der Waals surface area contributed by atoms with Crippen molar-refractivity contribution in [1.29, 1.82) is 0 Å². The van der Waals surface area contributed by atoms with E-state index >= 15 is 0 Å². The van der Waals surface area contributed by atoms with E-state index in [1.54, 1.807) is 0 Å². The van der Waals surface area contributed by atoms with Crippen LogP contribution < -0.4 is 0 Å². The first-order valence-corrected chi connectivity index (χ1v) is 5.55. The Kier molecular flexibility index (Phi) is 2.18. The van der Waals surface area contributed by atoms with E-state index in [0.717, 1.165) is 4.47 Å². The molecule has 0 aliphatic heterocycles. The van der Waals surface area contributed by atoms with Crippen molar-refractivity contribution in [1.82, 2.24) is 4.98 Å². The van der Waals surface area contributed by atoms with Crippen molar-refractivity contribution in [2.75, 3.05) is 0 Å². The van der Waals surface area contributed by atoms with Gasteiger partial charge >= 0.3 is 0 Å². The average Bonchev–Trinajstić information content (AvgIpc) is 2.45. The van der Waals surface area contributed by atoms with Gasteiger partial charge in [0.05, 0.1) is 0 Å². The summed E-state index contributed by atoms with van der Waals surface area (Å²) in [5, 5.41) is 1.31. The summed E-state index contributed by atoms with van der Waals surface area (Å²) in [6.45, 7) is 6.70. The van der Waals surface area contributed by atoms with Gasteiger partial charge in [-0.1, -0.05) is 36.7 Å². The second kappa shape index (κ2) is 3.13. The van der Waals surface area contributed by atoms with Gasteiger partial charge in [-0.25, -0.2) is 0 Å². The van der Waals surface area contributed by atoms with Crippen molar-refractivity contribution in [3.63, 3.8) is 0 Å². The Labute approximate surface area is 92.6 Å². The third kappa shape index (κ3) is 1.59. The summed E-state index contributed by atoms with van der Waals surface area (Å²) in [4.78, 5) is 3.30. The average molecular weight is 252 g/mol. The molecule has 2 heteroatoms. The van der Waals surface area contributed by atoms with Gasteiger partial charge < -0.3 is 4.98 Å². The molecule has 0 unspecified atom stereocenters. The largest absolute Gasteiger partial charge is 0.361 e. The highest BCUT2D eigenvalue weighted by Gasteiger charge is 2.17. The zero-order chi connectivity index (χ0) is 10.3. The van der Waals surface area contributed by atoms with E-state index in [1.165, 1.54) is 16.5 Å². The van der Waals surface area contributed by atoms with Crippen LogP contribution in [0, 0.1) is 0 Å². The fourth-order valence-electron chi connectivity index (χ4n) is 1.71. The third-order valence-corrected chi connectivity index (χ3v) is 2.95. The minimum atomic E-state index is 0.193. The molecule has 0 spiro atoms. The summed E-state index contributed by atoms with van der Waals surface area (Å²) in [5.41, 5.74) is 2.77. The number of hydrogen-bond acceptors (Lipinski definition) is 0. The summed E-state index contributed by atoms with van der Waals surface area (Å²) < 4.78 is 1.13. The van der Waals surface area contributed by atoms with E-state index in [-0.39, 0.29) is 5.41 Å². The first-order chi connectivity index (χ1) is 6.48. The highest BCUT2D eigenvalue weighted by molar-refractivity contribution is 9.10. The molecule has 1 aromatic carbocycles. The maximum Gasteiger partial charge on any atom is 0.0457 e. The van der Waals surface area contributed by atoms with Crippen LogP contribution in [0.4, 0.5) is 0 Å². The molecule has 0 radical (unpaired) electrons. The number of aromatic nitrogens is 1. The van der Waals surface area contributed by atoms with E-state index in [0.29, 0.717) is 0 Å². The Morgan fingerprint density at radius 3 is 2.57 bits per heavy atom. The molecule has 1 nitrogen and oxygen atoms in total. The van der Waals surface area contributed by atoms with Crippen LogP contribution in [0.2, 0.25) is 0 Å². The second-order valence-corrected chi connectivity index (χ2v) is 5.56. The molecular formula is C12H14BrN. The van der Waals surface area contributed by atoms with E-state index in [4.69, 9.17) is 0 Å². The Morgan fingerprint density at radius 2 is 1.93 bits per heavy atom. The molecule has 1 N–H and O–H groups in total. The maximum atomic E-state index is 3.50. The minimum Gasteiger partial charge on any atom is -0.361 e. The third-order valence-electron chi connectivity index (χ3n) is 2.45. The van der Waals surface area contributed by atoms with Gasteiger partial charge in [-0.15, -0.1) is 0 Å². The summed E-state index contributed by atoms with van der Waals surface area (Å²) in [6, 6.07) is 6.34. The molecule has 0 atom stereocenters. The molecule has 14 heavy (non-hydrogen) atoms. The van der Waals surface area contributed by atoms with Crippen molar-refractivity contribution >= 4 is 26.8 Å². The summed E-state index contributed by atoms with van der Waals surface area (Å²) in [7, 11) is 0. The second-order valence-electron chi connectivity index (χ2n) is 4.64. The summed E-state index contributed by atoms with van der Waals surface area (Å²) in [6.07, 6.45) is 2.11. The van der Waals surface area contributed by atoms with Gasteiger partial charge in [0, 0.05) is 21.6 Å². The molecule has 74 valence electrons. The molecule has 0 aliphatic rings. The molecular weight excluding hydrogens is 238 g/mol. The highest BCUT2D eigenvalue weighted by atomic mass is 79.9. The van der Waals surface area contributed by atoms with E-state index < -0.39 is 0 Å². The number of halogens is 1. The van der Waals surface area contributed by atoms with Gasteiger partial charge in [-0.2, -0.15) is 0 Å². The van der Waals surface area contributed by atoms with Crippen LogP contribution in [0.25, 0.3) is 10.9 Å². The lowest BCUT2D eigenvalue weighted by Crippen LogP contribution is -2.09. The van der Waals surface area contributed by atoms with Crippen LogP contribution in [0.5, 0.6) is 0 Å². The molecule has 0 fully saturated rings. The van der Waals surface area contributed by atoms with Crippen molar-refractivity contribution in [2.24, 2.45) is 0 Å². The van der Waals surface area contributed by atoms with Gasteiger partial charge in [-0.3, -0.25) is 0 Å². The molecule has 0 saturated carbocycles. The number of fused-ring (bicyclic) bond motifs is 1. The Hall–Kier alpha value is -0.760. The number of rotatable bonds is 0. The zero-order valence-electron chi connectivity index (χ0n) is 8.69. The maximum absolute atomic E-state index is 3.50. The van der Waals surface area contributed by atoms with Crippen molar-refractivity contribution in [3.05, 3.63) is 34.4 Å². The molecule has 0 amide bonds. The van der Waals surface area contributed by atoms with Crippen molar-refractivity contribution in [3.8, 4) is 0 Å². The van der Waals surface area contributed by atoms with Crippen LogP contribution in [0.1, 0.15) is 26.3 Å². The SMILES string of the molecule is CC(C)(C)c1c[nH]c2ccc(Br)cc12. The molecule has 0 bridgehead atoms. The Morgan fingerprint density at radius 1 is 1.21 bits per heavy atom. The molecule has 1 aromatic heterocycles. The fourth-order valence-corrected chi connectivity index (χ4v) is 2.07. The quantitative estimate of drug-likeness (QED) is 0.722. The predicted molar refractivity (Wildman–Crippen MR) is 64.7 cm³/mol. The Balaban J connectivity index is 2.73. The van der Waals surface area contributed by atoms with E-state index in [9.17, 15) is 0 Å². The first-order valence-electron chi connectivity index (χ1n) is 4.75. The molecule has 0 aliphatic carbocycles. The van der Waals surface area contributed by atoms with Crippen LogP contribution in [0.3, 0.4) is 0 Å². The molecule has 0 saturated heterocycles. The molecule has 2 aromatic rings. The van der Waals surface area contributed by atoms with Gasteiger partial charge in [0.1, 0.15) is 0 Å². The highest BCUT2D eigenvalue weighted by Crippen LogP contribution is 2.31. The smallest absolute Gasteiger partial charge is 0.0457 e. The van der Waals surface area contributed by atoms with Gasteiger partial charge in [0.2, 0.25) is 0 Å².